The van der Waals surface area contributed by atoms with Crippen LogP contribution in [0, 0.1) is 0 Å². The number of hydrogen-bond donors (Lipinski definition) is 2. The fourth-order valence-electron chi connectivity index (χ4n) is 1.71. The van der Waals surface area contributed by atoms with Crippen molar-refractivity contribution < 1.29 is 5.11 Å². The van der Waals surface area contributed by atoms with E-state index < -0.39 is 0 Å². The van der Waals surface area contributed by atoms with E-state index in [0.717, 1.165) is 5.56 Å². The van der Waals surface area contributed by atoms with Crippen molar-refractivity contribution in [1.29, 1.82) is 0 Å². The van der Waals surface area contributed by atoms with E-state index in [1.54, 1.807) is 4.68 Å². The smallest absolute Gasteiger partial charge is 0.144 e. The van der Waals surface area contributed by atoms with Gasteiger partial charge in [-0.2, -0.15) is 5.10 Å². The Morgan fingerprint density at radius 1 is 1.29 bits per heavy atom. The van der Waals surface area contributed by atoms with Crippen LogP contribution < -0.4 is 5.73 Å². The van der Waals surface area contributed by atoms with Gasteiger partial charge in [-0.15, -0.1) is 0 Å². The van der Waals surface area contributed by atoms with Crippen LogP contribution in [-0.2, 0) is 6.54 Å². The molecule has 2 rings (SSSR count). The summed E-state index contributed by atoms with van der Waals surface area (Å²) in [5, 5.41) is 13.0. The topological polar surface area (TPSA) is 77.0 Å². The maximum absolute atomic E-state index is 8.88. The molecule has 0 saturated carbocycles. The van der Waals surface area contributed by atoms with Gasteiger partial charge in [-0.05, 0) is 12.0 Å². The van der Waals surface area contributed by atoms with Gasteiger partial charge in [0.2, 0.25) is 0 Å². The first kappa shape index (κ1) is 11.8. The molecular weight excluding hydrogens is 216 g/mol. The van der Waals surface area contributed by atoms with Gasteiger partial charge in [-0.25, -0.2) is 9.67 Å². The second-order valence-corrected chi connectivity index (χ2v) is 3.88. The molecule has 5 heteroatoms. The summed E-state index contributed by atoms with van der Waals surface area (Å²) in [5.74, 6) is 0.711. The quantitative estimate of drug-likeness (QED) is 0.796. The zero-order chi connectivity index (χ0) is 12.1. The van der Waals surface area contributed by atoms with Gasteiger partial charge in [0.25, 0.3) is 0 Å². The highest BCUT2D eigenvalue weighted by atomic mass is 16.3. The number of aromatic nitrogens is 3. The van der Waals surface area contributed by atoms with Crippen molar-refractivity contribution in [3.63, 3.8) is 0 Å². The number of hydrogen-bond acceptors (Lipinski definition) is 4. The molecule has 0 amide bonds. The molecule has 2 aromatic rings. The predicted octanol–water partition coefficient (Wildman–Crippen LogP) is 0.709. The van der Waals surface area contributed by atoms with Gasteiger partial charge < -0.3 is 10.8 Å². The van der Waals surface area contributed by atoms with E-state index in [0.29, 0.717) is 18.8 Å². The first-order valence-electron chi connectivity index (χ1n) is 5.59. The second kappa shape index (κ2) is 5.56. The minimum Gasteiger partial charge on any atom is -0.396 e. The minimum absolute atomic E-state index is 0.0549. The molecule has 5 nitrogen and oxygen atoms in total. The maximum Gasteiger partial charge on any atom is 0.144 e. The van der Waals surface area contributed by atoms with Gasteiger partial charge in [0, 0.05) is 6.61 Å². The number of rotatable bonds is 5. The van der Waals surface area contributed by atoms with Gasteiger partial charge in [0.15, 0.2) is 0 Å². The van der Waals surface area contributed by atoms with Crippen LogP contribution in [0.1, 0.15) is 23.9 Å². The summed E-state index contributed by atoms with van der Waals surface area (Å²) >= 11 is 0. The monoisotopic (exact) mass is 232 g/mol. The average molecular weight is 232 g/mol. The normalized spacial score (nSPS) is 12.6. The number of benzene rings is 1. The van der Waals surface area contributed by atoms with Crippen LogP contribution in [-0.4, -0.2) is 26.5 Å². The molecule has 0 spiro atoms. The molecule has 0 bridgehead atoms. The van der Waals surface area contributed by atoms with Crippen LogP contribution in [0.25, 0.3) is 0 Å². The third-order valence-corrected chi connectivity index (χ3v) is 2.59. The lowest BCUT2D eigenvalue weighted by atomic mass is 10.2. The zero-order valence-electron chi connectivity index (χ0n) is 9.53. The van der Waals surface area contributed by atoms with E-state index in [9.17, 15) is 0 Å². The molecule has 1 aromatic carbocycles. The molecule has 1 unspecified atom stereocenters. The van der Waals surface area contributed by atoms with E-state index in [-0.39, 0.29) is 12.6 Å². The number of aliphatic hydroxyl groups excluding tert-OH is 1. The Bertz CT molecular complexity index is 455. The molecule has 0 fully saturated rings. The minimum atomic E-state index is -0.272. The van der Waals surface area contributed by atoms with Crippen molar-refractivity contribution in [3.05, 3.63) is 48.0 Å². The standard InChI is InChI=1S/C12H16N4O/c13-11(6-7-17)12-14-9-15-16(12)8-10-4-2-1-3-5-10/h1-5,9,11,17H,6-8,13H2. The molecule has 1 heterocycles. The Labute approximate surface area is 99.9 Å². The van der Waals surface area contributed by atoms with Crippen molar-refractivity contribution >= 4 is 0 Å². The highest BCUT2D eigenvalue weighted by molar-refractivity contribution is 5.15. The third kappa shape index (κ3) is 2.89. The molecule has 0 aliphatic heterocycles. The molecular formula is C12H16N4O. The van der Waals surface area contributed by atoms with E-state index in [1.165, 1.54) is 6.33 Å². The first-order chi connectivity index (χ1) is 8.31. The van der Waals surface area contributed by atoms with Gasteiger partial charge in [-0.3, -0.25) is 0 Å². The van der Waals surface area contributed by atoms with E-state index in [2.05, 4.69) is 10.1 Å². The summed E-state index contributed by atoms with van der Waals surface area (Å²) in [6.45, 7) is 0.703. The van der Waals surface area contributed by atoms with Crippen molar-refractivity contribution in [1.82, 2.24) is 14.8 Å². The van der Waals surface area contributed by atoms with Crippen molar-refractivity contribution in [2.24, 2.45) is 5.73 Å². The van der Waals surface area contributed by atoms with Crippen LogP contribution in [0.15, 0.2) is 36.7 Å². The SMILES string of the molecule is NC(CCO)c1ncnn1Cc1ccccc1. The van der Waals surface area contributed by atoms with Crippen LogP contribution in [0.3, 0.4) is 0 Å². The molecule has 17 heavy (non-hydrogen) atoms. The highest BCUT2D eigenvalue weighted by Gasteiger charge is 2.13. The Kier molecular flexibility index (Phi) is 3.85. The summed E-state index contributed by atoms with van der Waals surface area (Å²) < 4.78 is 1.77. The zero-order valence-corrected chi connectivity index (χ0v) is 9.53. The van der Waals surface area contributed by atoms with Crippen LogP contribution in [0.5, 0.6) is 0 Å². The molecule has 3 N–H and O–H groups in total. The fraction of sp³-hybridized carbons (Fsp3) is 0.333. The molecule has 90 valence electrons. The molecule has 1 aromatic heterocycles. The van der Waals surface area contributed by atoms with E-state index >= 15 is 0 Å². The molecule has 0 radical (unpaired) electrons. The molecule has 0 aliphatic rings. The number of aliphatic hydroxyl groups is 1. The Hall–Kier alpha value is -1.72. The van der Waals surface area contributed by atoms with Crippen molar-refractivity contribution in [3.8, 4) is 0 Å². The summed E-state index contributed by atoms with van der Waals surface area (Å²) in [4.78, 5) is 4.15. The Morgan fingerprint density at radius 3 is 2.76 bits per heavy atom. The van der Waals surface area contributed by atoms with Crippen LogP contribution in [0.4, 0.5) is 0 Å². The van der Waals surface area contributed by atoms with Crippen LogP contribution >= 0.6 is 0 Å². The summed E-state index contributed by atoms with van der Waals surface area (Å²) in [6, 6.07) is 9.74. The lowest BCUT2D eigenvalue weighted by Gasteiger charge is -2.11. The second-order valence-electron chi connectivity index (χ2n) is 3.88. The summed E-state index contributed by atoms with van der Waals surface area (Å²) in [7, 11) is 0. The van der Waals surface area contributed by atoms with Gasteiger partial charge in [-0.1, -0.05) is 30.3 Å². The van der Waals surface area contributed by atoms with Crippen molar-refractivity contribution in [2.45, 2.75) is 19.0 Å². The van der Waals surface area contributed by atoms with Gasteiger partial charge in [0.05, 0.1) is 12.6 Å². The molecule has 1 atom stereocenters. The van der Waals surface area contributed by atoms with E-state index in [4.69, 9.17) is 10.8 Å². The first-order valence-corrected chi connectivity index (χ1v) is 5.59. The number of nitrogens with zero attached hydrogens (tertiary/aromatic N) is 3. The third-order valence-electron chi connectivity index (χ3n) is 2.59. The summed E-state index contributed by atoms with van der Waals surface area (Å²) in [5.41, 5.74) is 7.07. The van der Waals surface area contributed by atoms with E-state index in [1.807, 2.05) is 30.3 Å². The lowest BCUT2D eigenvalue weighted by Crippen LogP contribution is -2.19. The molecule has 0 saturated heterocycles. The lowest BCUT2D eigenvalue weighted by molar-refractivity contribution is 0.273. The fourth-order valence-corrected chi connectivity index (χ4v) is 1.71. The maximum atomic E-state index is 8.88. The van der Waals surface area contributed by atoms with Crippen LogP contribution in [0.2, 0.25) is 0 Å². The molecule has 0 aliphatic carbocycles. The Balaban J connectivity index is 2.14. The van der Waals surface area contributed by atoms with Crippen molar-refractivity contribution in [2.75, 3.05) is 6.61 Å². The van der Waals surface area contributed by atoms with Gasteiger partial charge in [0.1, 0.15) is 12.2 Å². The largest absolute Gasteiger partial charge is 0.396 e. The van der Waals surface area contributed by atoms with Gasteiger partial charge >= 0.3 is 0 Å². The highest BCUT2D eigenvalue weighted by Crippen LogP contribution is 2.11. The predicted molar refractivity (Wildman–Crippen MR) is 64.2 cm³/mol. The Morgan fingerprint density at radius 2 is 2.06 bits per heavy atom. The number of nitrogens with two attached hydrogens (primary N) is 1. The summed E-state index contributed by atoms with van der Waals surface area (Å²) in [6.07, 6.45) is 1.99. The average Bonchev–Trinajstić information content (AvgIpc) is 2.79.